The molecule has 3 heteroatoms. The van der Waals surface area contributed by atoms with E-state index in [2.05, 4.69) is 0 Å². The minimum atomic E-state index is 0.722. The van der Waals surface area contributed by atoms with Crippen molar-refractivity contribution in [3.63, 3.8) is 0 Å². The number of halogens is 1. The molecule has 3 rings (SSSR count). The number of hydrogen-bond acceptors (Lipinski definition) is 2. The van der Waals surface area contributed by atoms with Gasteiger partial charge in [0.15, 0.2) is 0 Å². The molecular weight excluding hydrogens is 232 g/mol. The molecule has 1 aromatic carbocycles. The van der Waals surface area contributed by atoms with Crippen LogP contribution in [0.3, 0.4) is 0 Å². The van der Waals surface area contributed by atoms with Crippen LogP contribution in [-0.4, -0.2) is 4.98 Å². The van der Waals surface area contributed by atoms with E-state index in [-0.39, 0.29) is 0 Å². The Morgan fingerprint density at radius 2 is 1.94 bits per heavy atom. The smallest absolute Gasteiger partial charge is 0.0727 e. The molecule has 0 atom stereocenters. The molecule has 2 N–H and O–H groups in total. The lowest BCUT2D eigenvalue weighted by molar-refractivity contribution is 0.709. The van der Waals surface area contributed by atoms with Crippen LogP contribution >= 0.6 is 11.6 Å². The van der Waals surface area contributed by atoms with Crippen molar-refractivity contribution in [3.05, 3.63) is 34.5 Å². The minimum Gasteiger partial charge on any atom is -0.398 e. The second-order valence-electron chi connectivity index (χ2n) is 4.67. The van der Waals surface area contributed by atoms with Gasteiger partial charge in [0, 0.05) is 21.8 Å². The van der Waals surface area contributed by atoms with Gasteiger partial charge < -0.3 is 5.73 Å². The number of benzene rings is 1. The second kappa shape index (κ2) is 4.19. The van der Waals surface area contributed by atoms with Gasteiger partial charge in [-0.1, -0.05) is 18.0 Å². The molecule has 1 aliphatic carbocycles. The fraction of sp³-hybridized carbons (Fsp3) is 0.357. The van der Waals surface area contributed by atoms with Gasteiger partial charge >= 0.3 is 0 Å². The van der Waals surface area contributed by atoms with Gasteiger partial charge in [0.25, 0.3) is 0 Å². The molecule has 1 heterocycles. The SMILES string of the molecule is Nc1c2c(nc3ccc(Cl)cc13)CCCCC2. The van der Waals surface area contributed by atoms with Crippen LogP contribution in [0.25, 0.3) is 10.9 Å². The summed E-state index contributed by atoms with van der Waals surface area (Å²) in [5.41, 5.74) is 10.6. The highest BCUT2D eigenvalue weighted by Crippen LogP contribution is 2.31. The molecule has 1 aliphatic rings. The molecule has 0 saturated carbocycles. The van der Waals surface area contributed by atoms with Crippen LogP contribution in [0.15, 0.2) is 18.2 Å². The number of pyridine rings is 1. The van der Waals surface area contributed by atoms with Gasteiger partial charge in [0.2, 0.25) is 0 Å². The number of rotatable bonds is 0. The molecule has 17 heavy (non-hydrogen) atoms. The van der Waals surface area contributed by atoms with Crippen LogP contribution in [0.5, 0.6) is 0 Å². The maximum absolute atomic E-state index is 6.28. The lowest BCUT2D eigenvalue weighted by Gasteiger charge is -2.12. The van der Waals surface area contributed by atoms with Gasteiger partial charge in [0.1, 0.15) is 0 Å². The van der Waals surface area contributed by atoms with Crippen molar-refractivity contribution < 1.29 is 0 Å². The van der Waals surface area contributed by atoms with Crippen molar-refractivity contribution in [2.75, 3.05) is 5.73 Å². The topological polar surface area (TPSA) is 38.9 Å². The van der Waals surface area contributed by atoms with Crippen molar-refractivity contribution in [2.24, 2.45) is 0 Å². The Balaban J connectivity index is 2.29. The Labute approximate surface area is 106 Å². The first-order chi connectivity index (χ1) is 8.25. The van der Waals surface area contributed by atoms with Crippen molar-refractivity contribution in [3.8, 4) is 0 Å². The van der Waals surface area contributed by atoms with Crippen molar-refractivity contribution >= 4 is 28.2 Å². The molecule has 88 valence electrons. The van der Waals surface area contributed by atoms with Crippen LogP contribution in [0.1, 0.15) is 30.5 Å². The summed E-state index contributed by atoms with van der Waals surface area (Å²) in [6.45, 7) is 0. The summed E-state index contributed by atoms with van der Waals surface area (Å²) in [7, 11) is 0. The maximum Gasteiger partial charge on any atom is 0.0727 e. The van der Waals surface area contributed by atoms with Gasteiger partial charge in [-0.05, 0) is 49.4 Å². The maximum atomic E-state index is 6.28. The highest BCUT2D eigenvalue weighted by atomic mass is 35.5. The number of fused-ring (bicyclic) bond motifs is 2. The zero-order valence-electron chi connectivity index (χ0n) is 9.67. The highest BCUT2D eigenvalue weighted by Gasteiger charge is 2.15. The number of nitrogens with two attached hydrogens (primary N) is 1. The van der Waals surface area contributed by atoms with E-state index < -0.39 is 0 Å². The van der Waals surface area contributed by atoms with Gasteiger partial charge in [-0.15, -0.1) is 0 Å². The average Bonchev–Trinajstić information content (AvgIpc) is 2.56. The summed E-state index contributed by atoms with van der Waals surface area (Å²) in [4.78, 5) is 4.74. The number of aryl methyl sites for hydroxylation is 1. The first-order valence-electron chi connectivity index (χ1n) is 6.12. The fourth-order valence-electron chi connectivity index (χ4n) is 2.61. The summed E-state index contributed by atoms with van der Waals surface area (Å²) < 4.78 is 0. The Kier molecular flexibility index (Phi) is 2.67. The predicted molar refractivity (Wildman–Crippen MR) is 72.4 cm³/mol. The number of nitrogens with zero attached hydrogens (tertiary/aromatic N) is 1. The van der Waals surface area contributed by atoms with Gasteiger partial charge in [0.05, 0.1) is 5.52 Å². The molecule has 0 amide bonds. The van der Waals surface area contributed by atoms with E-state index in [1.165, 1.54) is 30.5 Å². The summed E-state index contributed by atoms with van der Waals surface area (Å²) in [6.07, 6.45) is 5.81. The van der Waals surface area contributed by atoms with Crippen molar-refractivity contribution in [1.29, 1.82) is 0 Å². The number of nitrogen functional groups attached to an aromatic ring is 1. The van der Waals surface area contributed by atoms with E-state index in [9.17, 15) is 0 Å². The first-order valence-corrected chi connectivity index (χ1v) is 6.50. The van der Waals surface area contributed by atoms with E-state index in [0.29, 0.717) is 0 Å². The monoisotopic (exact) mass is 246 g/mol. The Bertz CT molecular complexity index is 578. The van der Waals surface area contributed by atoms with Crippen LogP contribution in [0.4, 0.5) is 5.69 Å². The molecule has 0 fully saturated rings. The van der Waals surface area contributed by atoms with Crippen LogP contribution in [-0.2, 0) is 12.8 Å². The number of aromatic nitrogens is 1. The van der Waals surface area contributed by atoms with Gasteiger partial charge in [-0.3, -0.25) is 4.98 Å². The summed E-state index contributed by atoms with van der Waals surface area (Å²) in [6, 6.07) is 5.75. The molecule has 0 aliphatic heterocycles. The molecule has 0 radical (unpaired) electrons. The van der Waals surface area contributed by atoms with Crippen LogP contribution in [0, 0.1) is 0 Å². The molecule has 0 saturated heterocycles. The Hall–Kier alpha value is -1.28. The zero-order valence-corrected chi connectivity index (χ0v) is 10.4. The molecule has 0 unspecified atom stereocenters. The van der Waals surface area contributed by atoms with E-state index in [4.69, 9.17) is 22.3 Å². The summed E-state index contributed by atoms with van der Waals surface area (Å²) >= 11 is 6.02. The minimum absolute atomic E-state index is 0.722. The molecule has 0 spiro atoms. The molecule has 2 aromatic rings. The Morgan fingerprint density at radius 1 is 1.12 bits per heavy atom. The fourth-order valence-corrected chi connectivity index (χ4v) is 2.78. The third-order valence-electron chi connectivity index (χ3n) is 3.52. The highest BCUT2D eigenvalue weighted by molar-refractivity contribution is 6.31. The number of anilines is 1. The molecular formula is C14H15ClN2. The van der Waals surface area contributed by atoms with Gasteiger partial charge in [-0.2, -0.15) is 0 Å². The quantitative estimate of drug-likeness (QED) is 0.720. The first kappa shape index (κ1) is 10.8. The number of hydrogen-bond donors (Lipinski definition) is 1. The zero-order chi connectivity index (χ0) is 11.8. The van der Waals surface area contributed by atoms with E-state index >= 15 is 0 Å². The normalized spacial score (nSPS) is 15.6. The summed E-state index contributed by atoms with van der Waals surface area (Å²) in [5, 5.41) is 1.72. The van der Waals surface area contributed by atoms with E-state index in [0.717, 1.165) is 34.5 Å². The van der Waals surface area contributed by atoms with Crippen LogP contribution < -0.4 is 5.73 Å². The van der Waals surface area contributed by atoms with E-state index in [1.807, 2.05) is 18.2 Å². The lowest BCUT2D eigenvalue weighted by Crippen LogP contribution is -2.02. The molecule has 1 aromatic heterocycles. The average molecular weight is 247 g/mol. The predicted octanol–water partition coefficient (Wildman–Crippen LogP) is 3.74. The van der Waals surface area contributed by atoms with Crippen LogP contribution in [0.2, 0.25) is 5.02 Å². The summed E-state index contributed by atoms with van der Waals surface area (Å²) in [5.74, 6) is 0. The molecule has 0 bridgehead atoms. The Morgan fingerprint density at radius 3 is 2.82 bits per heavy atom. The largest absolute Gasteiger partial charge is 0.398 e. The second-order valence-corrected chi connectivity index (χ2v) is 5.11. The van der Waals surface area contributed by atoms with E-state index in [1.54, 1.807) is 0 Å². The standard InChI is InChI=1S/C14H15ClN2/c15-9-6-7-13-11(8-9)14(16)10-4-2-1-3-5-12(10)17-13/h6-8H,1-5H2,(H2,16,17). The van der Waals surface area contributed by atoms with Gasteiger partial charge in [-0.25, -0.2) is 0 Å². The third-order valence-corrected chi connectivity index (χ3v) is 3.75. The third kappa shape index (κ3) is 1.87. The van der Waals surface area contributed by atoms with Crippen molar-refractivity contribution in [1.82, 2.24) is 4.98 Å². The lowest BCUT2D eigenvalue weighted by atomic mass is 10.0. The molecule has 2 nitrogen and oxygen atoms in total. The van der Waals surface area contributed by atoms with Crippen molar-refractivity contribution in [2.45, 2.75) is 32.1 Å².